The molecule has 2 N–H and O–H groups in total. The van der Waals surface area contributed by atoms with Gasteiger partial charge in [0.1, 0.15) is 5.52 Å². The number of imidazole rings is 1. The Morgan fingerprint density at radius 3 is 2.95 bits per heavy atom. The van der Waals surface area contributed by atoms with E-state index in [4.69, 9.17) is 5.11 Å². The second-order valence-corrected chi connectivity index (χ2v) is 5.30. The highest BCUT2D eigenvalue weighted by molar-refractivity contribution is 5.96. The third-order valence-electron chi connectivity index (χ3n) is 3.60. The van der Waals surface area contributed by atoms with Crippen molar-refractivity contribution in [3.8, 4) is 0 Å². The summed E-state index contributed by atoms with van der Waals surface area (Å²) in [4.78, 5) is 20.6. The van der Waals surface area contributed by atoms with Gasteiger partial charge in [0, 0.05) is 26.4 Å². The maximum Gasteiger partial charge on any atom is 0.252 e. The third kappa shape index (κ3) is 3.78. The molecule has 0 aliphatic rings. The number of carbonyl (C=O) groups is 1. The third-order valence-corrected chi connectivity index (χ3v) is 3.60. The quantitative estimate of drug-likeness (QED) is 0.810. The Labute approximate surface area is 124 Å². The maximum atomic E-state index is 12.2. The number of carbonyl (C=O) groups excluding carboxylic acids is 1. The first kappa shape index (κ1) is 15.4. The van der Waals surface area contributed by atoms with Crippen LogP contribution in [0.3, 0.4) is 0 Å². The molecule has 1 atom stereocenters. The molecule has 6 heteroatoms. The first-order valence-corrected chi connectivity index (χ1v) is 7.31. The van der Waals surface area contributed by atoms with Crippen LogP contribution in [-0.4, -0.2) is 38.7 Å². The first-order chi connectivity index (χ1) is 10.2. The summed E-state index contributed by atoms with van der Waals surface area (Å²) < 4.78 is 1.82. The molecule has 1 unspecified atom stereocenters. The number of nitrogens with one attached hydrogen (secondary N) is 1. The Kier molecular flexibility index (Phi) is 5.27. The van der Waals surface area contributed by atoms with E-state index in [1.54, 1.807) is 18.6 Å². The summed E-state index contributed by atoms with van der Waals surface area (Å²) in [5, 5.41) is 11.9. The summed E-state index contributed by atoms with van der Waals surface area (Å²) >= 11 is 0. The Morgan fingerprint density at radius 2 is 2.24 bits per heavy atom. The Balaban J connectivity index is 2.00. The standard InChI is InChI=1S/C15H22N4O2/c1-3-4-11(5-6-20)8-17-15(21)12-7-13-14(16-9-12)19(2)10-18-13/h7,9-11,20H,3-6,8H2,1-2H3,(H,17,21). The van der Waals surface area contributed by atoms with Gasteiger partial charge in [-0.2, -0.15) is 0 Å². The van der Waals surface area contributed by atoms with Crippen molar-refractivity contribution in [3.63, 3.8) is 0 Å². The molecule has 0 spiro atoms. The molecule has 0 radical (unpaired) electrons. The molecule has 21 heavy (non-hydrogen) atoms. The summed E-state index contributed by atoms with van der Waals surface area (Å²) in [7, 11) is 1.87. The van der Waals surface area contributed by atoms with Crippen LogP contribution in [0.1, 0.15) is 36.5 Å². The molecule has 2 aromatic rings. The molecule has 114 valence electrons. The van der Waals surface area contributed by atoms with Crippen molar-refractivity contribution in [2.75, 3.05) is 13.2 Å². The Morgan fingerprint density at radius 1 is 1.43 bits per heavy atom. The number of aromatic nitrogens is 3. The van der Waals surface area contributed by atoms with E-state index in [0.717, 1.165) is 18.5 Å². The zero-order valence-corrected chi connectivity index (χ0v) is 12.5. The van der Waals surface area contributed by atoms with E-state index in [2.05, 4.69) is 22.2 Å². The van der Waals surface area contributed by atoms with Crippen molar-refractivity contribution in [1.29, 1.82) is 0 Å². The van der Waals surface area contributed by atoms with Gasteiger partial charge in [0.05, 0.1) is 11.9 Å². The molecule has 2 heterocycles. The van der Waals surface area contributed by atoms with Crippen LogP contribution >= 0.6 is 0 Å². The summed E-state index contributed by atoms with van der Waals surface area (Å²) in [5.41, 5.74) is 1.99. The highest BCUT2D eigenvalue weighted by Gasteiger charge is 2.12. The smallest absolute Gasteiger partial charge is 0.252 e. The van der Waals surface area contributed by atoms with E-state index < -0.39 is 0 Å². The van der Waals surface area contributed by atoms with Crippen LogP contribution in [0.5, 0.6) is 0 Å². The molecular formula is C15H22N4O2. The zero-order valence-electron chi connectivity index (χ0n) is 12.5. The van der Waals surface area contributed by atoms with Crippen LogP contribution in [0, 0.1) is 5.92 Å². The average molecular weight is 290 g/mol. The maximum absolute atomic E-state index is 12.2. The molecule has 2 aromatic heterocycles. The summed E-state index contributed by atoms with van der Waals surface area (Å²) in [6.07, 6.45) is 6.00. The fraction of sp³-hybridized carbons (Fsp3) is 0.533. The lowest BCUT2D eigenvalue weighted by Crippen LogP contribution is -2.29. The van der Waals surface area contributed by atoms with E-state index in [9.17, 15) is 4.79 Å². The van der Waals surface area contributed by atoms with Crippen LogP contribution in [0.4, 0.5) is 0 Å². The molecule has 0 aliphatic carbocycles. The molecule has 0 aromatic carbocycles. The number of rotatable bonds is 7. The molecule has 0 saturated heterocycles. The highest BCUT2D eigenvalue weighted by Crippen LogP contribution is 2.12. The minimum absolute atomic E-state index is 0.144. The van der Waals surface area contributed by atoms with Crippen molar-refractivity contribution >= 4 is 17.1 Å². The lowest BCUT2D eigenvalue weighted by Gasteiger charge is -2.15. The molecule has 2 rings (SSSR count). The Bertz CT molecular complexity index is 603. The first-order valence-electron chi connectivity index (χ1n) is 7.31. The van der Waals surface area contributed by atoms with Gasteiger partial charge in [-0.15, -0.1) is 0 Å². The lowest BCUT2D eigenvalue weighted by molar-refractivity contribution is 0.0942. The van der Waals surface area contributed by atoms with Gasteiger partial charge >= 0.3 is 0 Å². The Hall–Kier alpha value is -1.95. The molecule has 0 aliphatic heterocycles. The zero-order chi connectivity index (χ0) is 15.2. The van der Waals surface area contributed by atoms with Gasteiger partial charge in [0.2, 0.25) is 0 Å². The van der Waals surface area contributed by atoms with Gasteiger partial charge in [0.15, 0.2) is 5.65 Å². The molecule has 0 saturated carbocycles. The van der Waals surface area contributed by atoms with Gasteiger partial charge in [-0.1, -0.05) is 13.3 Å². The fourth-order valence-corrected chi connectivity index (χ4v) is 2.42. The number of aryl methyl sites for hydroxylation is 1. The number of aliphatic hydroxyl groups excluding tert-OH is 1. The summed E-state index contributed by atoms with van der Waals surface area (Å²) in [6.45, 7) is 2.83. The lowest BCUT2D eigenvalue weighted by atomic mass is 10.0. The minimum atomic E-state index is -0.144. The van der Waals surface area contributed by atoms with Crippen molar-refractivity contribution in [2.45, 2.75) is 26.2 Å². The second kappa shape index (κ2) is 7.17. The molecule has 0 fully saturated rings. The molecule has 1 amide bonds. The predicted molar refractivity (Wildman–Crippen MR) is 80.9 cm³/mol. The van der Waals surface area contributed by atoms with Gasteiger partial charge in [0.25, 0.3) is 5.91 Å². The molecule has 0 bridgehead atoms. The topological polar surface area (TPSA) is 80.0 Å². The van der Waals surface area contributed by atoms with Crippen LogP contribution in [0.25, 0.3) is 11.2 Å². The van der Waals surface area contributed by atoms with E-state index in [0.29, 0.717) is 30.0 Å². The largest absolute Gasteiger partial charge is 0.396 e. The van der Waals surface area contributed by atoms with Crippen molar-refractivity contribution in [2.24, 2.45) is 13.0 Å². The van der Waals surface area contributed by atoms with Crippen LogP contribution in [0.15, 0.2) is 18.6 Å². The van der Waals surface area contributed by atoms with E-state index >= 15 is 0 Å². The van der Waals surface area contributed by atoms with Crippen LogP contribution in [0.2, 0.25) is 0 Å². The van der Waals surface area contributed by atoms with Crippen molar-refractivity contribution in [3.05, 3.63) is 24.2 Å². The SMILES string of the molecule is CCCC(CCO)CNC(=O)c1cnc2c(c1)ncn2C. The number of hydrogen-bond donors (Lipinski definition) is 2. The number of nitrogens with zero attached hydrogens (tertiary/aromatic N) is 3. The van der Waals surface area contributed by atoms with Gasteiger partial charge in [-0.05, 0) is 24.8 Å². The number of pyridine rings is 1. The van der Waals surface area contributed by atoms with Crippen LogP contribution in [-0.2, 0) is 7.05 Å². The van der Waals surface area contributed by atoms with E-state index in [-0.39, 0.29) is 12.5 Å². The van der Waals surface area contributed by atoms with Gasteiger partial charge in [-0.25, -0.2) is 9.97 Å². The average Bonchev–Trinajstić information content (AvgIpc) is 2.86. The van der Waals surface area contributed by atoms with E-state index in [1.165, 1.54) is 0 Å². The number of fused-ring (bicyclic) bond motifs is 1. The van der Waals surface area contributed by atoms with Gasteiger partial charge < -0.3 is 15.0 Å². The van der Waals surface area contributed by atoms with Crippen LogP contribution < -0.4 is 5.32 Å². The monoisotopic (exact) mass is 290 g/mol. The van der Waals surface area contributed by atoms with E-state index in [1.807, 2.05) is 11.6 Å². The summed E-state index contributed by atoms with van der Waals surface area (Å²) in [5.74, 6) is 0.171. The number of hydrogen-bond acceptors (Lipinski definition) is 4. The van der Waals surface area contributed by atoms with Gasteiger partial charge in [-0.3, -0.25) is 4.79 Å². The summed E-state index contributed by atoms with van der Waals surface area (Å²) in [6, 6.07) is 1.75. The fourth-order valence-electron chi connectivity index (χ4n) is 2.42. The van der Waals surface area contributed by atoms with Crippen molar-refractivity contribution in [1.82, 2.24) is 19.9 Å². The predicted octanol–water partition coefficient (Wildman–Crippen LogP) is 1.50. The molecule has 6 nitrogen and oxygen atoms in total. The second-order valence-electron chi connectivity index (χ2n) is 5.30. The number of amides is 1. The van der Waals surface area contributed by atoms with Crippen molar-refractivity contribution < 1.29 is 9.90 Å². The number of aliphatic hydroxyl groups is 1. The highest BCUT2D eigenvalue weighted by atomic mass is 16.3. The molecular weight excluding hydrogens is 268 g/mol. The minimum Gasteiger partial charge on any atom is -0.396 e. The normalized spacial score (nSPS) is 12.5.